The Morgan fingerprint density at radius 1 is 1.33 bits per heavy atom. The highest BCUT2D eigenvalue weighted by Gasteiger charge is 2.32. The summed E-state index contributed by atoms with van der Waals surface area (Å²) in [5.41, 5.74) is 0.922. The Balaban J connectivity index is 0.00000220. The lowest BCUT2D eigenvalue weighted by molar-refractivity contribution is -0.138. The van der Waals surface area contributed by atoms with Crippen LogP contribution in [0.2, 0.25) is 10.0 Å². The van der Waals surface area contributed by atoms with E-state index in [2.05, 4.69) is 5.32 Å². The minimum atomic E-state index is -0.0669. The van der Waals surface area contributed by atoms with Gasteiger partial charge in [-0.05, 0) is 43.6 Å². The van der Waals surface area contributed by atoms with Gasteiger partial charge in [0.1, 0.15) is 0 Å². The highest BCUT2D eigenvalue weighted by atomic mass is 35.5. The van der Waals surface area contributed by atoms with Crippen LogP contribution in [0.5, 0.6) is 0 Å². The summed E-state index contributed by atoms with van der Waals surface area (Å²) in [7, 11) is 1.83. The summed E-state index contributed by atoms with van der Waals surface area (Å²) >= 11 is 12.1. The van der Waals surface area contributed by atoms with Crippen molar-refractivity contribution in [1.29, 1.82) is 0 Å². The van der Waals surface area contributed by atoms with E-state index in [1.165, 1.54) is 0 Å². The first-order valence-electron chi connectivity index (χ1n) is 6.84. The van der Waals surface area contributed by atoms with Crippen LogP contribution in [0.1, 0.15) is 25.5 Å². The standard InChI is InChI=1S/C15H20Cl2N2O.ClH/c1-9(11-7-18-8-11)15(20)19(3)10(2)13-5-4-12(16)6-14(13)17;/h4-6,9-11,18H,7-8H2,1-3H3;1H. The molecular formula is C15H21Cl3N2O. The number of benzene rings is 1. The third-order valence-electron chi connectivity index (χ3n) is 4.25. The first-order chi connectivity index (χ1) is 9.41. The molecule has 2 rings (SSSR count). The van der Waals surface area contributed by atoms with Crippen molar-refractivity contribution >= 4 is 41.5 Å². The zero-order valence-electron chi connectivity index (χ0n) is 12.4. The van der Waals surface area contributed by atoms with Gasteiger partial charge in [0.2, 0.25) is 5.91 Å². The SMILES string of the molecule is CC(C(=O)N(C)C(C)c1ccc(Cl)cc1Cl)C1CNC1.Cl. The molecule has 1 aromatic rings. The monoisotopic (exact) mass is 350 g/mol. The average molecular weight is 352 g/mol. The zero-order valence-corrected chi connectivity index (χ0v) is 14.7. The van der Waals surface area contributed by atoms with Crippen LogP contribution in [-0.2, 0) is 4.79 Å². The summed E-state index contributed by atoms with van der Waals surface area (Å²) in [5, 5.41) is 4.41. The summed E-state index contributed by atoms with van der Waals surface area (Å²) in [6.07, 6.45) is 0. The van der Waals surface area contributed by atoms with E-state index in [0.717, 1.165) is 18.7 Å². The second-order valence-corrected chi connectivity index (χ2v) is 6.34. The average Bonchev–Trinajstić information content (AvgIpc) is 2.34. The van der Waals surface area contributed by atoms with E-state index in [0.29, 0.717) is 16.0 Å². The predicted octanol–water partition coefficient (Wildman–Crippen LogP) is 3.79. The Kier molecular flexibility index (Phi) is 6.79. The minimum absolute atomic E-state index is 0. The van der Waals surface area contributed by atoms with Gasteiger partial charge in [-0.2, -0.15) is 0 Å². The van der Waals surface area contributed by atoms with E-state index < -0.39 is 0 Å². The van der Waals surface area contributed by atoms with Gasteiger partial charge in [0.15, 0.2) is 0 Å². The number of nitrogens with one attached hydrogen (secondary N) is 1. The number of amides is 1. The third-order valence-corrected chi connectivity index (χ3v) is 4.81. The molecule has 1 fully saturated rings. The predicted molar refractivity (Wildman–Crippen MR) is 90.4 cm³/mol. The lowest BCUT2D eigenvalue weighted by atomic mass is 9.87. The molecule has 1 N–H and O–H groups in total. The molecule has 0 spiro atoms. The molecule has 1 aromatic carbocycles. The van der Waals surface area contributed by atoms with Crippen LogP contribution >= 0.6 is 35.6 Å². The van der Waals surface area contributed by atoms with Gasteiger partial charge < -0.3 is 10.2 Å². The summed E-state index contributed by atoms with van der Waals surface area (Å²) in [6.45, 7) is 5.84. The molecule has 0 saturated carbocycles. The van der Waals surface area contributed by atoms with Crippen LogP contribution in [-0.4, -0.2) is 30.9 Å². The van der Waals surface area contributed by atoms with Crippen molar-refractivity contribution in [3.05, 3.63) is 33.8 Å². The van der Waals surface area contributed by atoms with Crippen LogP contribution < -0.4 is 5.32 Å². The van der Waals surface area contributed by atoms with Crippen molar-refractivity contribution in [2.24, 2.45) is 11.8 Å². The van der Waals surface area contributed by atoms with Crippen LogP contribution in [0.25, 0.3) is 0 Å². The molecule has 118 valence electrons. The van der Waals surface area contributed by atoms with Crippen molar-refractivity contribution in [3.8, 4) is 0 Å². The molecule has 21 heavy (non-hydrogen) atoms. The fourth-order valence-corrected chi connectivity index (χ4v) is 2.99. The molecular weight excluding hydrogens is 331 g/mol. The summed E-state index contributed by atoms with van der Waals surface area (Å²) in [6, 6.07) is 5.33. The molecule has 0 aromatic heterocycles. The molecule has 1 amide bonds. The van der Waals surface area contributed by atoms with E-state index in [9.17, 15) is 4.79 Å². The molecule has 1 aliphatic rings. The molecule has 0 bridgehead atoms. The Bertz CT molecular complexity index is 506. The molecule has 3 nitrogen and oxygen atoms in total. The molecule has 2 atom stereocenters. The summed E-state index contributed by atoms with van der Waals surface area (Å²) in [5.74, 6) is 0.641. The maximum Gasteiger partial charge on any atom is 0.226 e. The fourth-order valence-electron chi connectivity index (χ4n) is 2.43. The summed E-state index contributed by atoms with van der Waals surface area (Å²) < 4.78 is 0. The van der Waals surface area contributed by atoms with Gasteiger partial charge in [-0.3, -0.25) is 4.79 Å². The first-order valence-corrected chi connectivity index (χ1v) is 7.59. The lowest BCUT2D eigenvalue weighted by Gasteiger charge is -2.36. The van der Waals surface area contributed by atoms with E-state index in [4.69, 9.17) is 23.2 Å². The second kappa shape index (κ2) is 7.68. The molecule has 2 unspecified atom stereocenters. The van der Waals surface area contributed by atoms with Gasteiger partial charge in [0.05, 0.1) is 6.04 Å². The Morgan fingerprint density at radius 3 is 2.43 bits per heavy atom. The van der Waals surface area contributed by atoms with Crippen molar-refractivity contribution in [1.82, 2.24) is 10.2 Å². The largest absolute Gasteiger partial charge is 0.339 e. The van der Waals surface area contributed by atoms with Gasteiger partial charge in [0.25, 0.3) is 0 Å². The molecule has 1 saturated heterocycles. The smallest absolute Gasteiger partial charge is 0.226 e. The minimum Gasteiger partial charge on any atom is -0.339 e. The molecule has 1 aliphatic heterocycles. The third kappa shape index (κ3) is 4.04. The number of carbonyl (C=O) groups is 1. The maximum absolute atomic E-state index is 12.5. The van der Waals surface area contributed by atoms with Gasteiger partial charge in [-0.25, -0.2) is 0 Å². The summed E-state index contributed by atoms with van der Waals surface area (Å²) in [4.78, 5) is 14.3. The number of halogens is 3. The van der Waals surface area contributed by atoms with Crippen LogP contribution in [0, 0.1) is 11.8 Å². The van der Waals surface area contributed by atoms with E-state index >= 15 is 0 Å². The number of hydrogen-bond acceptors (Lipinski definition) is 2. The van der Waals surface area contributed by atoms with Crippen molar-refractivity contribution in [2.45, 2.75) is 19.9 Å². The second-order valence-electron chi connectivity index (χ2n) is 5.50. The molecule has 1 heterocycles. The molecule has 0 aliphatic carbocycles. The highest BCUT2D eigenvalue weighted by Crippen LogP contribution is 2.30. The quantitative estimate of drug-likeness (QED) is 0.895. The lowest BCUT2D eigenvalue weighted by Crippen LogP contribution is -2.50. The van der Waals surface area contributed by atoms with Crippen molar-refractivity contribution in [2.75, 3.05) is 20.1 Å². The van der Waals surface area contributed by atoms with Crippen LogP contribution in [0.4, 0.5) is 0 Å². The Labute approximate surface area is 142 Å². The van der Waals surface area contributed by atoms with E-state index in [1.807, 2.05) is 27.0 Å². The maximum atomic E-state index is 12.5. The van der Waals surface area contributed by atoms with Crippen molar-refractivity contribution in [3.63, 3.8) is 0 Å². The van der Waals surface area contributed by atoms with E-state index in [-0.39, 0.29) is 30.3 Å². The van der Waals surface area contributed by atoms with Crippen molar-refractivity contribution < 1.29 is 4.79 Å². The Hall–Kier alpha value is -0.480. The van der Waals surface area contributed by atoms with Gasteiger partial charge in [-0.1, -0.05) is 36.2 Å². The van der Waals surface area contributed by atoms with Crippen LogP contribution in [0.3, 0.4) is 0 Å². The number of nitrogens with zero attached hydrogens (tertiary/aromatic N) is 1. The van der Waals surface area contributed by atoms with E-state index in [1.54, 1.807) is 17.0 Å². The zero-order chi connectivity index (χ0) is 14.9. The van der Waals surface area contributed by atoms with Gasteiger partial charge >= 0.3 is 0 Å². The highest BCUT2D eigenvalue weighted by molar-refractivity contribution is 6.35. The fraction of sp³-hybridized carbons (Fsp3) is 0.533. The number of hydrogen-bond donors (Lipinski definition) is 1. The topological polar surface area (TPSA) is 32.3 Å². The Morgan fingerprint density at radius 2 is 1.95 bits per heavy atom. The number of rotatable bonds is 4. The van der Waals surface area contributed by atoms with Gasteiger partial charge in [-0.15, -0.1) is 12.4 Å². The normalized spacial score (nSPS) is 17.4. The number of carbonyl (C=O) groups excluding carboxylic acids is 1. The molecule has 0 radical (unpaired) electrons. The van der Waals surface area contributed by atoms with Crippen LogP contribution in [0.15, 0.2) is 18.2 Å². The first kappa shape index (κ1) is 18.6. The molecule has 6 heteroatoms. The van der Waals surface area contributed by atoms with Gasteiger partial charge in [0, 0.05) is 23.0 Å².